The summed E-state index contributed by atoms with van der Waals surface area (Å²) in [6, 6.07) is 0. The molecule has 1 saturated heterocycles. The third-order valence-electron chi connectivity index (χ3n) is 3.06. The molecule has 1 aliphatic rings. The largest absolute Gasteiger partial charge is 0.345 e. The summed E-state index contributed by atoms with van der Waals surface area (Å²) in [6.45, 7) is 4.76. The van der Waals surface area contributed by atoms with E-state index in [0.29, 0.717) is 12.5 Å². The van der Waals surface area contributed by atoms with Gasteiger partial charge in [0.25, 0.3) is 0 Å². The number of aryl methyl sites for hydroxylation is 1. The first-order valence-electron chi connectivity index (χ1n) is 5.58. The molecule has 16 heavy (non-hydrogen) atoms. The Morgan fingerprint density at radius 2 is 2.06 bits per heavy atom. The number of aromatic nitrogens is 3. The van der Waals surface area contributed by atoms with Crippen molar-refractivity contribution in [2.75, 3.05) is 13.1 Å². The van der Waals surface area contributed by atoms with Gasteiger partial charge in [-0.15, -0.1) is 12.4 Å². The van der Waals surface area contributed by atoms with E-state index in [2.05, 4.69) is 10.4 Å². The van der Waals surface area contributed by atoms with Gasteiger partial charge in [-0.25, -0.2) is 9.48 Å². The Kier molecular flexibility index (Phi) is 4.56. The zero-order chi connectivity index (χ0) is 10.8. The maximum absolute atomic E-state index is 11.7. The zero-order valence-electron chi connectivity index (χ0n) is 9.77. The Bertz CT molecular complexity index is 392. The van der Waals surface area contributed by atoms with Gasteiger partial charge in [0.05, 0.1) is 0 Å². The number of nitrogens with zero attached hydrogens (tertiary/aromatic N) is 3. The lowest BCUT2D eigenvalue weighted by molar-refractivity contribution is 0.429. The first-order chi connectivity index (χ1) is 7.24. The molecule has 5 nitrogen and oxygen atoms in total. The van der Waals surface area contributed by atoms with Gasteiger partial charge in [0.2, 0.25) is 0 Å². The van der Waals surface area contributed by atoms with Gasteiger partial charge >= 0.3 is 5.69 Å². The van der Waals surface area contributed by atoms with E-state index in [4.69, 9.17) is 0 Å². The molecule has 2 heterocycles. The van der Waals surface area contributed by atoms with Gasteiger partial charge in [-0.05, 0) is 32.9 Å². The summed E-state index contributed by atoms with van der Waals surface area (Å²) in [5.74, 6) is 1.41. The minimum atomic E-state index is 0. The molecule has 0 aliphatic carbocycles. The van der Waals surface area contributed by atoms with Crippen molar-refractivity contribution < 1.29 is 0 Å². The molecule has 1 aromatic rings. The fourth-order valence-electron chi connectivity index (χ4n) is 2.20. The van der Waals surface area contributed by atoms with Crippen LogP contribution < -0.4 is 11.0 Å². The van der Waals surface area contributed by atoms with Gasteiger partial charge in [-0.1, -0.05) is 0 Å². The molecule has 0 aromatic carbocycles. The molecule has 1 aromatic heterocycles. The highest BCUT2D eigenvalue weighted by Gasteiger charge is 2.22. The van der Waals surface area contributed by atoms with Gasteiger partial charge in [0.1, 0.15) is 5.82 Å². The van der Waals surface area contributed by atoms with Crippen LogP contribution in [-0.4, -0.2) is 27.4 Å². The van der Waals surface area contributed by atoms with Crippen LogP contribution in [0, 0.1) is 0 Å². The van der Waals surface area contributed by atoms with Crippen LogP contribution in [-0.2, 0) is 13.6 Å². The molecule has 2 rings (SSSR count). The summed E-state index contributed by atoms with van der Waals surface area (Å²) in [5.41, 5.74) is 0.00559. The average Bonchev–Trinajstić information content (AvgIpc) is 2.56. The van der Waals surface area contributed by atoms with Crippen LogP contribution in [0.15, 0.2) is 4.79 Å². The quantitative estimate of drug-likeness (QED) is 0.827. The van der Waals surface area contributed by atoms with Gasteiger partial charge in [-0.3, -0.25) is 4.57 Å². The van der Waals surface area contributed by atoms with Crippen LogP contribution in [0.5, 0.6) is 0 Å². The number of hydrogen-bond acceptors (Lipinski definition) is 3. The number of halogens is 1. The molecule has 0 bridgehead atoms. The SMILES string of the molecule is CCn1c(C2CCNCC2)nn(C)c1=O.Cl. The third-order valence-corrected chi connectivity index (χ3v) is 3.06. The van der Waals surface area contributed by atoms with Gasteiger partial charge < -0.3 is 5.32 Å². The summed E-state index contributed by atoms with van der Waals surface area (Å²) < 4.78 is 3.23. The monoisotopic (exact) mass is 246 g/mol. The fourth-order valence-corrected chi connectivity index (χ4v) is 2.20. The Morgan fingerprint density at radius 1 is 1.44 bits per heavy atom. The van der Waals surface area contributed by atoms with Crippen LogP contribution >= 0.6 is 12.4 Å². The van der Waals surface area contributed by atoms with E-state index >= 15 is 0 Å². The Labute approximate surface area is 101 Å². The molecule has 0 spiro atoms. The summed E-state index contributed by atoms with van der Waals surface area (Å²) in [4.78, 5) is 11.7. The van der Waals surface area contributed by atoms with Gasteiger partial charge in [0.15, 0.2) is 0 Å². The molecule has 92 valence electrons. The van der Waals surface area contributed by atoms with E-state index < -0.39 is 0 Å². The van der Waals surface area contributed by atoms with Crippen molar-refractivity contribution in [1.82, 2.24) is 19.7 Å². The third kappa shape index (κ3) is 2.30. The second-order valence-corrected chi connectivity index (χ2v) is 4.03. The van der Waals surface area contributed by atoms with Crippen molar-refractivity contribution in [3.05, 3.63) is 16.3 Å². The molecule has 0 saturated carbocycles. The van der Waals surface area contributed by atoms with Crippen molar-refractivity contribution >= 4 is 12.4 Å². The summed E-state index contributed by atoms with van der Waals surface area (Å²) in [6.07, 6.45) is 2.16. The van der Waals surface area contributed by atoms with Crippen LogP contribution in [0.25, 0.3) is 0 Å². The van der Waals surface area contributed by atoms with E-state index in [1.54, 1.807) is 11.6 Å². The van der Waals surface area contributed by atoms with Gasteiger partial charge in [-0.2, -0.15) is 5.10 Å². The molecule has 6 heteroatoms. The highest BCUT2D eigenvalue weighted by atomic mass is 35.5. The predicted molar refractivity (Wildman–Crippen MR) is 65.2 cm³/mol. The summed E-state index contributed by atoms with van der Waals surface area (Å²) >= 11 is 0. The van der Waals surface area contributed by atoms with E-state index in [0.717, 1.165) is 31.8 Å². The predicted octanol–water partition coefficient (Wildman–Crippen LogP) is 0.490. The first-order valence-corrected chi connectivity index (χ1v) is 5.58. The molecule has 1 aliphatic heterocycles. The molecular weight excluding hydrogens is 228 g/mol. The molecule has 0 amide bonds. The zero-order valence-corrected chi connectivity index (χ0v) is 10.6. The van der Waals surface area contributed by atoms with Crippen molar-refractivity contribution in [2.45, 2.75) is 32.2 Å². The van der Waals surface area contributed by atoms with Crippen LogP contribution in [0.2, 0.25) is 0 Å². The number of rotatable bonds is 2. The smallest absolute Gasteiger partial charge is 0.317 e. The summed E-state index contributed by atoms with van der Waals surface area (Å²) in [7, 11) is 1.72. The van der Waals surface area contributed by atoms with Crippen LogP contribution in [0.1, 0.15) is 31.5 Å². The van der Waals surface area contributed by atoms with E-state index in [1.807, 2.05) is 6.92 Å². The molecule has 1 fully saturated rings. The van der Waals surface area contributed by atoms with Crippen molar-refractivity contribution in [1.29, 1.82) is 0 Å². The maximum atomic E-state index is 11.7. The standard InChI is InChI=1S/C10H18N4O.ClH/c1-3-14-9(12-13(2)10(14)15)8-4-6-11-7-5-8;/h8,11H,3-7H2,1-2H3;1H. The minimum Gasteiger partial charge on any atom is -0.317 e. The molecule has 0 unspecified atom stereocenters. The average molecular weight is 247 g/mol. The highest BCUT2D eigenvalue weighted by molar-refractivity contribution is 5.85. The first kappa shape index (κ1) is 13.3. The molecular formula is C10H19ClN4O. The maximum Gasteiger partial charge on any atom is 0.345 e. The molecule has 0 atom stereocenters. The number of hydrogen-bond donors (Lipinski definition) is 1. The lowest BCUT2D eigenvalue weighted by atomic mass is 9.97. The van der Waals surface area contributed by atoms with E-state index in [-0.39, 0.29) is 18.1 Å². The topological polar surface area (TPSA) is 51.9 Å². The highest BCUT2D eigenvalue weighted by Crippen LogP contribution is 2.22. The van der Waals surface area contributed by atoms with E-state index in [9.17, 15) is 4.79 Å². The Morgan fingerprint density at radius 3 is 2.62 bits per heavy atom. The van der Waals surface area contributed by atoms with Crippen LogP contribution in [0.4, 0.5) is 0 Å². The van der Waals surface area contributed by atoms with E-state index in [1.165, 1.54) is 4.68 Å². The lowest BCUT2D eigenvalue weighted by Crippen LogP contribution is -2.29. The van der Waals surface area contributed by atoms with Crippen molar-refractivity contribution in [2.24, 2.45) is 7.05 Å². The normalized spacial score (nSPS) is 17.1. The van der Waals surface area contributed by atoms with Crippen molar-refractivity contribution in [3.8, 4) is 0 Å². The number of nitrogens with one attached hydrogen (secondary N) is 1. The summed E-state index contributed by atoms with van der Waals surface area (Å²) in [5, 5.41) is 7.67. The lowest BCUT2D eigenvalue weighted by Gasteiger charge is -2.21. The van der Waals surface area contributed by atoms with Crippen molar-refractivity contribution in [3.63, 3.8) is 0 Å². The van der Waals surface area contributed by atoms with Gasteiger partial charge in [0, 0.05) is 19.5 Å². The molecule has 0 radical (unpaired) electrons. The Hall–Kier alpha value is -0.810. The second-order valence-electron chi connectivity index (χ2n) is 4.03. The molecule has 1 N–H and O–H groups in total. The van der Waals surface area contributed by atoms with Crippen LogP contribution in [0.3, 0.4) is 0 Å². The minimum absolute atomic E-state index is 0. The Balaban J connectivity index is 0.00000128. The number of piperidine rings is 1. The second kappa shape index (κ2) is 5.50. The fraction of sp³-hybridized carbons (Fsp3) is 0.800.